The monoisotopic (exact) mass is 1160 g/mol. The van der Waals surface area contributed by atoms with Crippen molar-refractivity contribution in [2.45, 2.75) is 450 Å². The smallest absolute Gasteiger partial charge is 0.305 e. The third-order valence-corrected chi connectivity index (χ3v) is 18.1. The molecule has 0 radical (unpaired) electrons. The molecule has 0 aromatic carbocycles. The van der Waals surface area contributed by atoms with Crippen LogP contribution < -0.4 is 5.32 Å². The van der Waals surface area contributed by atoms with Crippen LogP contribution >= 0.6 is 0 Å². The Labute approximate surface area is 514 Å². The summed E-state index contributed by atoms with van der Waals surface area (Å²) >= 11 is 0. The van der Waals surface area contributed by atoms with E-state index in [-0.39, 0.29) is 18.5 Å². The second kappa shape index (κ2) is 72.1. The largest absolute Gasteiger partial charge is 0.466 e. The lowest BCUT2D eigenvalue weighted by Gasteiger charge is -2.20. The molecule has 0 saturated heterocycles. The first-order valence-electron chi connectivity index (χ1n) is 38.0. The summed E-state index contributed by atoms with van der Waals surface area (Å²) in [5, 5.41) is 23.3. The molecule has 0 aliphatic carbocycles. The van der Waals surface area contributed by atoms with E-state index in [4.69, 9.17) is 4.74 Å². The van der Waals surface area contributed by atoms with Gasteiger partial charge in [0.2, 0.25) is 5.91 Å². The van der Waals surface area contributed by atoms with Crippen molar-refractivity contribution in [1.82, 2.24) is 5.32 Å². The second-order valence-corrected chi connectivity index (χ2v) is 26.4. The maximum Gasteiger partial charge on any atom is 0.305 e. The molecule has 1 amide bonds. The van der Waals surface area contributed by atoms with Gasteiger partial charge in [0.25, 0.3) is 0 Å². The van der Waals surface area contributed by atoms with E-state index >= 15 is 0 Å². The summed E-state index contributed by atoms with van der Waals surface area (Å²) in [4.78, 5) is 24.7. The number of hydrogen-bond donors (Lipinski definition) is 3. The average Bonchev–Trinajstić information content (AvgIpc) is 3.48. The van der Waals surface area contributed by atoms with Crippen molar-refractivity contribution < 1.29 is 24.5 Å². The highest BCUT2D eigenvalue weighted by molar-refractivity contribution is 5.76. The van der Waals surface area contributed by atoms with Crippen molar-refractivity contribution >= 4 is 11.9 Å². The molecule has 0 rings (SSSR count). The van der Waals surface area contributed by atoms with E-state index in [0.717, 1.165) is 38.5 Å². The van der Waals surface area contributed by atoms with Gasteiger partial charge < -0.3 is 20.3 Å². The minimum absolute atomic E-state index is 0.0226. The third-order valence-electron chi connectivity index (χ3n) is 18.1. The summed E-state index contributed by atoms with van der Waals surface area (Å²) < 4.78 is 5.52. The van der Waals surface area contributed by atoms with E-state index in [2.05, 4.69) is 19.2 Å². The quantitative estimate of drug-likeness (QED) is 0.0320. The summed E-state index contributed by atoms with van der Waals surface area (Å²) in [6.45, 7) is 4.96. The van der Waals surface area contributed by atoms with E-state index in [0.29, 0.717) is 19.4 Å². The number of nitrogens with one attached hydrogen (secondary N) is 1. The molecule has 0 fully saturated rings. The van der Waals surface area contributed by atoms with E-state index in [1.165, 1.54) is 372 Å². The zero-order valence-corrected chi connectivity index (χ0v) is 56.0. The first-order valence-corrected chi connectivity index (χ1v) is 38.0. The van der Waals surface area contributed by atoms with Crippen molar-refractivity contribution in [3.8, 4) is 0 Å². The Morgan fingerprint density at radius 1 is 0.329 bits per heavy atom. The van der Waals surface area contributed by atoms with Crippen LogP contribution in [0.25, 0.3) is 0 Å². The Kier molecular flexibility index (Phi) is 70.8. The highest BCUT2D eigenvalue weighted by Gasteiger charge is 2.18. The first kappa shape index (κ1) is 80.6. The highest BCUT2D eigenvalue weighted by atomic mass is 16.5. The van der Waals surface area contributed by atoms with Gasteiger partial charge in [-0.2, -0.15) is 0 Å². The van der Waals surface area contributed by atoms with E-state index < -0.39 is 12.1 Å². The fourth-order valence-corrected chi connectivity index (χ4v) is 12.3. The Morgan fingerprint density at radius 2 is 0.561 bits per heavy atom. The molecule has 6 heteroatoms. The SMILES string of the molecule is CCCCCCCCCCCCCCCCCCCCC/C=C/C(O)C(CO)NC(=O)CCCCCCCCCCCCCCCCCCCCCCCCCCCCOC(=O)CCCCCCCCCCCCCCCCCCCC. The van der Waals surface area contributed by atoms with Crippen molar-refractivity contribution in [3.05, 3.63) is 12.2 Å². The topological polar surface area (TPSA) is 95.9 Å². The summed E-state index contributed by atoms with van der Waals surface area (Å²) in [6.07, 6.45) is 90.3. The summed E-state index contributed by atoms with van der Waals surface area (Å²) in [5.41, 5.74) is 0. The number of allylic oxidation sites excluding steroid dienone is 1. The molecular weight excluding hydrogens is 1010 g/mol. The van der Waals surface area contributed by atoms with Crippen molar-refractivity contribution in [2.24, 2.45) is 0 Å². The number of ether oxygens (including phenoxy) is 1. The average molecular weight is 1160 g/mol. The molecule has 0 aromatic heterocycles. The number of aliphatic hydroxyl groups is 2. The summed E-state index contributed by atoms with van der Waals surface area (Å²) in [5.74, 6) is -0.0381. The van der Waals surface area contributed by atoms with Crippen LogP contribution in [0.5, 0.6) is 0 Å². The maximum atomic E-state index is 12.5. The van der Waals surface area contributed by atoms with Gasteiger partial charge in [0.05, 0.1) is 25.4 Å². The van der Waals surface area contributed by atoms with Crippen molar-refractivity contribution in [2.75, 3.05) is 13.2 Å². The standard InChI is InChI=1S/C76H149NO5/c1-3-5-7-9-11-13-15-17-19-21-23-30-33-36-40-44-48-52-56-60-64-68-74(79)73(72-78)77-75(80)69-65-61-57-53-49-45-41-37-34-31-28-26-24-25-27-29-32-35-39-43-47-51-55-59-63-67-71-82-76(81)70-66-62-58-54-50-46-42-38-22-20-18-16-14-12-10-8-6-4-2/h64,68,73-74,78-79H,3-63,65-67,69-72H2,1-2H3,(H,77,80)/b68-64+. The maximum absolute atomic E-state index is 12.5. The van der Waals surface area contributed by atoms with Crippen molar-refractivity contribution in [3.63, 3.8) is 0 Å². The van der Waals surface area contributed by atoms with Gasteiger partial charge in [-0.3, -0.25) is 9.59 Å². The second-order valence-electron chi connectivity index (χ2n) is 26.4. The zero-order valence-electron chi connectivity index (χ0n) is 56.0. The lowest BCUT2D eigenvalue weighted by molar-refractivity contribution is -0.143. The van der Waals surface area contributed by atoms with Gasteiger partial charge in [-0.25, -0.2) is 0 Å². The van der Waals surface area contributed by atoms with E-state index in [9.17, 15) is 19.8 Å². The first-order chi connectivity index (χ1) is 40.5. The summed E-state index contributed by atoms with van der Waals surface area (Å²) in [7, 11) is 0. The molecule has 488 valence electrons. The van der Waals surface area contributed by atoms with Gasteiger partial charge in [-0.1, -0.05) is 405 Å². The number of carbonyl (C=O) groups excluding carboxylic acids is 2. The fraction of sp³-hybridized carbons (Fsp3) is 0.947. The number of hydrogen-bond acceptors (Lipinski definition) is 5. The van der Waals surface area contributed by atoms with Crippen LogP contribution in [0.1, 0.15) is 438 Å². The molecule has 0 spiro atoms. The minimum atomic E-state index is -0.843. The number of amides is 1. The predicted octanol–water partition coefficient (Wildman–Crippen LogP) is 24.7. The number of aliphatic hydroxyl groups excluding tert-OH is 2. The van der Waals surface area contributed by atoms with Gasteiger partial charge in [0.15, 0.2) is 0 Å². The van der Waals surface area contributed by atoms with Crippen LogP contribution in [0.15, 0.2) is 12.2 Å². The molecule has 82 heavy (non-hydrogen) atoms. The van der Waals surface area contributed by atoms with Crippen LogP contribution in [0.4, 0.5) is 0 Å². The molecular formula is C76H149NO5. The number of esters is 1. The number of unbranched alkanes of at least 4 members (excludes halogenated alkanes) is 61. The summed E-state index contributed by atoms with van der Waals surface area (Å²) in [6, 6.07) is -0.627. The molecule has 2 atom stereocenters. The number of carbonyl (C=O) groups is 2. The normalized spacial score (nSPS) is 12.5. The van der Waals surface area contributed by atoms with Gasteiger partial charge >= 0.3 is 5.97 Å². The fourth-order valence-electron chi connectivity index (χ4n) is 12.3. The van der Waals surface area contributed by atoms with Crippen LogP contribution in [0.3, 0.4) is 0 Å². The van der Waals surface area contributed by atoms with Gasteiger partial charge in [0, 0.05) is 12.8 Å². The molecule has 0 aliphatic heterocycles. The molecule has 0 saturated carbocycles. The molecule has 0 aromatic rings. The molecule has 0 aliphatic rings. The molecule has 2 unspecified atom stereocenters. The van der Waals surface area contributed by atoms with Crippen LogP contribution in [-0.2, 0) is 14.3 Å². The van der Waals surface area contributed by atoms with Crippen molar-refractivity contribution in [1.29, 1.82) is 0 Å². The van der Waals surface area contributed by atoms with Gasteiger partial charge in [0.1, 0.15) is 0 Å². The minimum Gasteiger partial charge on any atom is -0.466 e. The lowest BCUT2D eigenvalue weighted by atomic mass is 10.0. The Hall–Kier alpha value is -1.40. The molecule has 0 heterocycles. The van der Waals surface area contributed by atoms with Crippen LogP contribution in [0, 0.1) is 0 Å². The number of rotatable bonds is 72. The predicted molar refractivity (Wildman–Crippen MR) is 361 cm³/mol. The Bertz CT molecular complexity index is 1240. The highest BCUT2D eigenvalue weighted by Crippen LogP contribution is 2.20. The molecule has 6 nitrogen and oxygen atoms in total. The van der Waals surface area contributed by atoms with Crippen LogP contribution in [0.2, 0.25) is 0 Å². The van der Waals surface area contributed by atoms with E-state index in [1.54, 1.807) is 6.08 Å². The van der Waals surface area contributed by atoms with Gasteiger partial charge in [-0.15, -0.1) is 0 Å². The molecule has 3 N–H and O–H groups in total. The Morgan fingerprint density at radius 3 is 0.829 bits per heavy atom. The van der Waals surface area contributed by atoms with E-state index in [1.807, 2.05) is 6.08 Å². The Balaban J connectivity index is 3.36. The van der Waals surface area contributed by atoms with Crippen LogP contribution in [-0.4, -0.2) is 47.4 Å². The zero-order chi connectivity index (χ0) is 59.2. The molecule has 0 bridgehead atoms. The third kappa shape index (κ3) is 67.7. The van der Waals surface area contributed by atoms with Gasteiger partial charge in [-0.05, 0) is 32.1 Å². The lowest BCUT2D eigenvalue weighted by Crippen LogP contribution is -2.45.